The van der Waals surface area contributed by atoms with Crippen molar-refractivity contribution in [2.24, 2.45) is 0 Å². The van der Waals surface area contributed by atoms with E-state index in [1.807, 2.05) is 12.1 Å². The first-order valence-electron chi connectivity index (χ1n) is 8.93. The van der Waals surface area contributed by atoms with Gasteiger partial charge in [-0.2, -0.15) is 0 Å². The Hall–Kier alpha value is -3.16. The van der Waals surface area contributed by atoms with Gasteiger partial charge in [-0.05, 0) is 38.0 Å². The maximum Gasteiger partial charge on any atom is 0.315 e. The van der Waals surface area contributed by atoms with Gasteiger partial charge in [-0.15, -0.1) is 0 Å². The number of pyridine rings is 1. The fourth-order valence-electron chi connectivity index (χ4n) is 2.68. The molecule has 0 bridgehead atoms. The largest absolute Gasteiger partial charge is 0.357 e. The lowest BCUT2D eigenvalue weighted by Crippen LogP contribution is -2.36. The summed E-state index contributed by atoms with van der Waals surface area (Å²) >= 11 is 0. The average molecular weight is 371 g/mol. The molecule has 0 saturated carbocycles. The predicted octanol–water partition coefficient (Wildman–Crippen LogP) is 3.40. The van der Waals surface area contributed by atoms with E-state index >= 15 is 0 Å². The van der Waals surface area contributed by atoms with Crippen molar-refractivity contribution in [2.45, 2.75) is 33.4 Å². The van der Waals surface area contributed by atoms with Gasteiger partial charge in [0.1, 0.15) is 5.82 Å². The number of anilines is 1. The summed E-state index contributed by atoms with van der Waals surface area (Å²) in [7, 11) is 0. The van der Waals surface area contributed by atoms with Crippen molar-refractivity contribution in [2.75, 3.05) is 18.0 Å². The smallest absolute Gasteiger partial charge is 0.315 e. The highest BCUT2D eigenvalue weighted by molar-refractivity contribution is 5.74. The standard InChI is InChI=1S/C19H25N5O3/c1-4-23(5-2)18-10-9-15(12-20-18)13-21-19(25)22-14(3)16-7-6-8-17(11-16)24(26)27/h6-12,14H,4-5,13H2,1-3H3,(H2,21,22,25). The lowest BCUT2D eigenvalue weighted by atomic mass is 10.1. The van der Waals surface area contributed by atoms with Crippen LogP contribution < -0.4 is 15.5 Å². The third-order valence-corrected chi connectivity index (χ3v) is 4.28. The quantitative estimate of drug-likeness (QED) is 0.547. The summed E-state index contributed by atoms with van der Waals surface area (Å²) in [6, 6.07) is 9.40. The van der Waals surface area contributed by atoms with Crippen LogP contribution in [0.25, 0.3) is 0 Å². The van der Waals surface area contributed by atoms with Gasteiger partial charge in [-0.3, -0.25) is 10.1 Å². The molecule has 0 aliphatic heterocycles. The Morgan fingerprint density at radius 1 is 1.26 bits per heavy atom. The van der Waals surface area contributed by atoms with E-state index in [1.54, 1.807) is 25.3 Å². The maximum absolute atomic E-state index is 12.1. The molecule has 2 aromatic rings. The Bertz CT molecular complexity index is 775. The number of rotatable bonds is 8. The minimum Gasteiger partial charge on any atom is -0.357 e. The van der Waals surface area contributed by atoms with Crippen molar-refractivity contribution in [3.8, 4) is 0 Å². The Balaban J connectivity index is 1.88. The molecule has 0 saturated heterocycles. The van der Waals surface area contributed by atoms with E-state index in [-0.39, 0.29) is 17.8 Å². The van der Waals surface area contributed by atoms with Crippen LogP contribution in [0.1, 0.15) is 37.9 Å². The van der Waals surface area contributed by atoms with Crippen molar-refractivity contribution >= 4 is 17.5 Å². The Morgan fingerprint density at radius 2 is 2.00 bits per heavy atom. The van der Waals surface area contributed by atoms with Gasteiger partial charge in [-0.25, -0.2) is 9.78 Å². The SMILES string of the molecule is CCN(CC)c1ccc(CNC(=O)NC(C)c2cccc([N+](=O)[O-])c2)cn1. The molecule has 0 radical (unpaired) electrons. The zero-order chi connectivity index (χ0) is 19.8. The number of nitrogens with zero attached hydrogens (tertiary/aromatic N) is 3. The Labute approximate surface area is 158 Å². The van der Waals surface area contributed by atoms with Crippen LogP contribution in [0.2, 0.25) is 0 Å². The molecule has 2 amide bonds. The Kier molecular flexibility index (Phi) is 7.10. The average Bonchev–Trinajstić information content (AvgIpc) is 2.68. The van der Waals surface area contributed by atoms with Crippen LogP contribution in [0, 0.1) is 10.1 Å². The minimum absolute atomic E-state index is 0.000856. The molecule has 2 N–H and O–H groups in total. The summed E-state index contributed by atoms with van der Waals surface area (Å²) in [5, 5.41) is 16.4. The van der Waals surface area contributed by atoms with E-state index in [0.717, 1.165) is 24.5 Å². The van der Waals surface area contributed by atoms with Crippen molar-refractivity contribution in [3.05, 3.63) is 63.8 Å². The van der Waals surface area contributed by atoms with Gasteiger partial charge in [-0.1, -0.05) is 18.2 Å². The number of nitrogens with one attached hydrogen (secondary N) is 2. The van der Waals surface area contributed by atoms with E-state index in [4.69, 9.17) is 0 Å². The van der Waals surface area contributed by atoms with Crippen molar-refractivity contribution in [1.82, 2.24) is 15.6 Å². The predicted molar refractivity (Wildman–Crippen MR) is 105 cm³/mol. The molecule has 0 fully saturated rings. The van der Waals surface area contributed by atoms with Crippen LogP contribution in [-0.4, -0.2) is 29.0 Å². The van der Waals surface area contributed by atoms with E-state index in [9.17, 15) is 14.9 Å². The van der Waals surface area contributed by atoms with Crippen LogP contribution in [-0.2, 0) is 6.54 Å². The summed E-state index contributed by atoms with van der Waals surface area (Å²) in [5.41, 5.74) is 1.56. The van der Waals surface area contributed by atoms with Gasteiger partial charge >= 0.3 is 6.03 Å². The molecular weight excluding hydrogens is 346 g/mol. The summed E-state index contributed by atoms with van der Waals surface area (Å²) in [6.07, 6.45) is 1.75. The summed E-state index contributed by atoms with van der Waals surface area (Å²) in [4.78, 5) is 29.1. The van der Waals surface area contributed by atoms with E-state index < -0.39 is 4.92 Å². The molecule has 0 aliphatic rings. The van der Waals surface area contributed by atoms with Crippen LogP contribution >= 0.6 is 0 Å². The lowest BCUT2D eigenvalue weighted by molar-refractivity contribution is -0.384. The molecule has 144 valence electrons. The number of non-ortho nitro benzene ring substituents is 1. The number of carbonyl (C=O) groups excluding carboxylic acids is 1. The second kappa shape index (κ2) is 9.51. The molecule has 1 aromatic heterocycles. The number of nitro groups is 1. The van der Waals surface area contributed by atoms with E-state index in [0.29, 0.717) is 12.1 Å². The Morgan fingerprint density at radius 3 is 2.59 bits per heavy atom. The zero-order valence-corrected chi connectivity index (χ0v) is 15.8. The first-order chi connectivity index (χ1) is 12.9. The molecule has 2 rings (SSSR count). The van der Waals surface area contributed by atoms with Crippen LogP contribution in [0.3, 0.4) is 0 Å². The maximum atomic E-state index is 12.1. The number of aromatic nitrogens is 1. The second-order valence-corrected chi connectivity index (χ2v) is 6.10. The molecule has 1 aromatic carbocycles. The number of benzene rings is 1. The van der Waals surface area contributed by atoms with Gasteiger partial charge in [0.15, 0.2) is 0 Å². The van der Waals surface area contributed by atoms with Crippen molar-refractivity contribution < 1.29 is 9.72 Å². The lowest BCUT2D eigenvalue weighted by Gasteiger charge is -2.19. The highest BCUT2D eigenvalue weighted by Gasteiger charge is 2.13. The first-order valence-corrected chi connectivity index (χ1v) is 8.93. The number of hydrogen-bond acceptors (Lipinski definition) is 5. The summed E-state index contributed by atoms with van der Waals surface area (Å²) in [6.45, 7) is 8.05. The molecule has 8 heteroatoms. The number of amides is 2. The van der Waals surface area contributed by atoms with Gasteiger partial charge < -0.3 is 15.5 Å². The molecule has 1 unspecified atom stereocenters. The number of carbonyl (C=O) groups is 1. The summed E-state index contributed by atoms with van der Waals surface area (Å²) < 4.78 is 0. The molecular formula is C19H25N5O3. The second-order valence-electron chi connectivity index (χ2n) is 6.10. The highest BCUT2D eigenvalue weighted by Crippen LogP contribution is 2.18. The van der Waals surface area contributed by atoms with Crippen molar-refractivity contribution in [3.63, 3.8) is 0 Å². The number of urea groups is 1. The minimum atomic E-state index is -0.453. The van der Waals surface area contributed by atoms with Crippen LogP contribution in [0.4, 0.5) is 16.3 Å². The van der Waals surface area contributed by atoms with Crippen LogP contribution in [0.15, 0.2) is 42.6 Å². The zero-order valence-electron chi connectivity index (χ0n) is 15.8. The molecule has 0 spiro atoms. The van der Waals surface area contributed by atoms with Crippen molar-refractivity contribution in [1.29, 1.82) is 0 Å². The normalized spacial score (nSPS) is 11.5. The molecule has 8 nitrogen and oxygen atoms in total. The fourth-order valence-corrected chi connectivity index (χ4v) is 2.68. The van der Waals surface area contributed by atoms with Gasteiger partial charge in [0, 0.05) is 38.0 Å². The molecule has 1 atom stereocenters. The summed E-state index contributed by atoms with van der Waals surface area (Å²) in [5.74, 6) is 0.910. The van der Waals surface area contributed by atoms with Crippen LogP contribution in [0.5, 0.6) is 0 Å². The van der Waals surface area contributed by atoms with E-state index in [2.05, 4.69) is 34.4 Å². The first kappa shape index (κ1) is 20.2. The van der Waals surface area contributed by atoms with E-state index in [1.165, 1.54) is 12.1 Å². The third kappa shape index (κ3) is 5.67. The topological polar surface area (TPSA) is 100 Å². The van der Waals surface area contributed by atoms with Gasteiger partial charge in [0.2, 0.25) is 0 Å². The molecule has 1 heterocycles. The monoisotopic (exact) mass is 371 g/mol. The third-order valence-electron chi connectivity index (χ3n) is 4.28. The van der Waals surface area contributed by atoms with Gasteiger partial charge in [0.05, 0.1) is 11.0 Å². The van der Waals surface area contributed by atoms with Gasteiger partial charge in [0.25, 0.3) is 5.69 Å². The number of hydrogen-bond donors (Lipinski definition) is 2. The molecule has 27 heavy (non-hydrogen) atoms. The highest BCUT2D eigenvalue weighted by atomic mass is 16.6. The molecule has 0 aliphatic carbocycles. The number of nitro benzene ring substituents is 1. The fraction of sp³-hybridized carbons (Fsp3) is 0.368.